The number of aromatic nitrogens is 1. The van der Waals surface area contributed by atoms with Crippen molar-refractivity contribution in [2.75, 3.05) is 14.2 Å². The number of ether oxygens (including phenoxy) is 1. The fraction of sp³-hybridized carbons (Fsp3) is 0.333. The topological polar surface area (TPSA) is 62.7 Å². The van der Waals surface area contributed by atoms with Crippen molar-refractivity contribution in [1.82, 2.24) is 9.88 Å². The highest BCUT2D eigenvalue weighted by atomic mass is 32.1. The summed E-state index contributed by atoms with van der Waals surface area (Å²) in [6.07, 6.45) is 0. The smallest absolute Gasteiger partial charge is 0.325 e. The number of rotatable bonds is 6. The molecule has 2 rings (SSSR count). The molecule has 1 heterocycles. The van der Waals surface area contributed by atoms with Crippen molar-refractivity contribution >= 4 is 17.3 Å². The van der Waals surface area contributed by atoms with E-state index in [-0.39, 0.29) is 5.75 Å². The number of halogens is 1. The highest BCUT2D eigenvalue weighted by Gasteiger charge is 2.28. The molecule has 0 amide bonds. The number of nitrogens with zero attached hydrogens (tertiary/aromatic N) is 2. The number of carboxylic acid groups (broad SMARTS) is 1. The minimum absolute atomic E-state index is 0.216. The summed E-state index contributed by atoms with van der Waals surface area (Å²) < 4.78 is 18.4. The van der Waals surface area contributed by atoms with Crippen molar-refractivity contribution in [3.05, 3.63) is 45.7 Å². The molecular weight excluding hydrogens is 307 g/mol. The average Bonchev–Trinajstić information content (AvgIpc) is 2.85. The van der Waals surface area contributed by atoms with E-state index in [1.165, 1.54) is 36.6 Å². The minimum atomic E-state index is -1.03. The number of hydrogen-bond donors (Lipinski definition) is 1. The van der Waals surface area contributed by atoms with Crippen LogP contribution in [-0.4, -0.2) is 35.1 Å². The van der Waals surface area contributed by atoms with E-state index in [1.807, 2.05) is 12.3 Å². The standard InChI is InChI=1S/C15H17FN2O3S/c1-9-17-11(8-22-9)7-18(2)14(15(19)20)12-5-4-10(16)6-13(12)21-3/h4-6,8,14H,7H2,1-3H3,(H,19,20)/t14-/m1/s1. The first-order chi connectivity index (χ1) is 10.4. The van der Waals surface area contributed by atoms with Gasteiger partial charge in [0.1, 0.15) is 17.6 Å². The molecule has 0 saturated carbocycles. The van der Waals surface area contributed by atoms with Gasteiger partial charge in [0, 0.05) is 23.6 Å². The number of likely N-dealkylation sites (N-methyl/N-ethyl adjacent to an activating group) is 1. The van der Waals surface area contributed by atoms with Crippen LogP contribution in [0.4, 0.5) is 4.39 Å². The second-order valence-corrected chi connectivity index (χ2v) is 5.96. The number of aryl methyl sites for hydroxylation is 1. The molecule has 0 aliphatic carbocycles. The van der Waals surface area contributed by atoms with E-state index < -0.39 is 17.8 Å². The lowest BCUT2D eigenvalue weighted by atomic mass is 10.0. The number of benzene rings is 1. The molecule has 0 aliphatic rings. The summed E-state index contributed by atoms with van der Waals surface area (Å²) in [5, 5.41) is 12.4. The summed E-state index contributed by atoms with van der Waals surface area (Å²) in [7, 11) is 3.08. The lowest BCUT2D eigenvalue weighted by Gasteiger charge is -2.25. The van der Waals surface area contributed by atoms with Gasteiger partial charge in [-0.3, -0.25) is 9.69 Å². The van der Waals surface area contributed by atoms with E-state index in [0.29, 0.717) is 12.1 Å². The Bertz CT molecular complexity index is 675. The number of aliphatic carboxylic acids is 1. The summed E-state index contributed by atoms with van der Waals surface area (Å²) in [4.78, 5) is 17.7. The largest absolute Gasteiger partial charge is 0.496 e. The number of methoxy groups -OCH3 is 1. The molecule has 1 N–H and O–H groups in total. The van der Waals surface area contributed by atoms with Crippen LogP contribution in [0.2, 0.25) is 0 Å². The number of carboxylic acids is 1. The van der Waals surface area contributed by atoms with Crippen LogP contribution in [0.15, 0.2) is 23.6 Å². The van der Waals surface area contributed by atoms with Crippen molar-refractivity contribution in [3.8, 4) is 5.75 Å². The summed E-state index contributed by atoms with van der Waals surface area (Å²) in [6.45, 7) is 2.27. The average molecular weight is 324 g/mol. The molecule has 0 aliphatic heterocycles. The fourth-order valence-corrected chi connectivity index (χ4v) is 2.90. The predicted molar refractivity (Wildman–Crippen MR) is 81.6 cm³/mol. The molecule has 118 valence electrons. The lowest BCUT2D eigenvalue weighted by Crippen LogP contribution is -2.31. The van der Waals surface area contributed by atoms with Crippen LogP contribution in [-0.2, 0) is 11.3 Å². The van der Waals surface area contributed by atoms with Crippen molar-refractivity contribution in [1.29, 1.82) is 0 Å². The second kappa shape index (κ2) is 6.85. The van der Waals surface area contributed by atoms with Gasteiger partial charge in [-0.05, 0) is 20.0 Å². The summed E-state index contributed by atoms with van der Waals surface area (Å²) in [6, 6.07) is 2.91. The molecule has 2 aromatic rings. The van der Waals surface area contributed by atoms with Crippen LogP contribution in [0.1, 0.15) is 22.3 Å². The molecule has 22 heavy (non-hydrogen) atoms. The summed E-state index contributed by atoms with van der Waals surface area (Å²) >= 11 is 1.51. The highest BCUT2D eigenvalue weighted by molar-refractivity contribution is 7.09. The van der Waals surface area contributed by atoms with Crippen molar-refractivity contribution in [2.24, 2.45) is 0 Å². The molecule has 0 radical (unpaired) electrons. The zero-order valence-corrected chi connectivity index (χ0v) is 13.4. The Morgan fingerprint density at radius 3 is 2.82 bits per heavy atom. The Labute approximate surface area is 132 Å². The van der Waals surface area contributed by atoms with Crippen LogP contribution in [0.3, 0.4) is 0 Å². The van der Waals surface area contributed by atoms with Gasteiger partial charge in [-0.25, -0.2) is 9.37 Å². The van der Waals surface area contributed by atoms with Crippen LogP contribution in [0, 0.1) is 12.7 Å². The van der Waals surface area contributed by atoms with Crippen LogP contribution < -0.4 is 4.74 Å². The van der Waals surface area contributed by atoms with Crippen LogP contribution in [0.25, 0.3) is 0 Å². The van der Waals surface area contributed by atoms with Gasteiger partial charge in [-0.15, -0.1) is 11.3 Å². The van der Waals surface area contributed by atoms with E-state index in [2.05, 4.69) is 4.98 Å². The molecule has 0 bridgehead atoms. The third kappa shape index (κ3) is 3.61. The number of hydrogen-bond acceptors (Lipinski definition) is 5. The lowest BCUT2D eigenvalue weighted by molar-refractivity contribution is -0.143. The van der Waals surface area contributed by atoms with E-state index >= 15 is 0 Å². The highest BCUT2D eigenvalue weighted by Crippen LogP contribution is 2.30. The molecule has 1 aromatic heterocycles. The third-order valence-electron chi connectivity index (χ3n) is 3.24. The molecule has 0 spiro atoms. The molecule has 7 heteroatoms. The minimum Gasteiger partial charge on any atom is -0.496 e. The first kappa shape index (κ1) is 16.4. The monoisotopic (exact) mass is 324 g/mol. The summed E-state index contributed by atoms with van der Waals surface area (Å²) in [5.74, 6) is -1.28. The van der Waals surface area contributed by atoms with E-state index in [1.54, 1.807) is 11.9 Å². The van der Waals surface area contributed by atoms with E-state index in [9.17, 15) is 14.3 Å². The first-order valence-electron chi connectivity index (χ1n) is 6.60. The SMILES string of the molecule is COc1cc(F)ccc1[C@H](C(=O)O)N(C)Cc1csc(C)n1. The molecule has 1 aromatic carbocycles. The van der Waals surface area contributed by atoms with Gasteiger partial charge >= 0.3 is 5.97 Å². The van der Waals surface area contributed by atoms with Gasteiger partial charge in [0.05, 0.1) is 17.8 Å². The quantitative estimate of drug-likeness (QED) is 0.885. The number of carbonyl (C=O) groups is 1. The Morgan fingerprint density at radius 2 is 2.27 bits per heavy atom. The Morgan fingerprint density at radius 1 is 1.55 bits per heavy atom. The normalized spacial score (nSPS) is 12.4. The molecule has 0 saturated heterocycles. The Balaban J connectivity index is 2.31. The maximum atomic E-state index is 13.3. The van der Waals surface area contributed by atoms with Crippen LogP contribution in [0.5, 0.6) is 5.75 Å². The molecular formula is C15H17FN2O3S. The van der Waals surface area contributed by atoms with Crippen molar-refractivity contribution in [3.63, 3.8) is 0 Å². The van der Waals surface area contributed by atoms with E-state index in [0.717, 1.165) is 10.7 Å². The van der Waals surface area contributed by atoms with Gasteiger partial charge in [-0.2, -0.15) is 0 Å². The number of thiazole rings is 1. The molecule has 0 fully saturated rings. The van der Waals surface area contributed by atoms with Gasteiger partial charge < -0.3 is 9.84 Å². The fourth-order valence-electron chi connectivity index (χ4n) is 2.30. The van der Waals surface area contributed by atoms with Gasteiger partial charge in [0.15, 0.2) is 0 Å². The van der Waals surface area contributed by atoms with Gasteiger partial charge in [0.2, 0.25) is 0 Å². The van der Waals surface area contributed by atoms with Crippen LogP contribution >= 0.6 is 11.3 Å². The van der Waals surface area contributed by atoms with Crippen molar-refractivity contribution in [2.45, 2.75) is 19.5 Å². The summed E-state index contributed by atoms with van der Waals surface area (Å²) in [5.41, 5.74) is 1.21. The molecule has 1 atom stereocenters. The second-order valence-electron chi connectivity index (χ2n) is 4.90. The maximum Gasteiger partial charge on any atom is 0.325 e. The van der Waals surface area contributed by atoms with Crippen molar-refractivity contribution < 1.29 is 19.0 Å². The third-order valence-corrected chi connectivity index (χ3v) is 4.07. The van der Waals surface area contributed by atoms with Gasteiger partial charge in [-0.1, -0.05) is 6.07 Å². The molecule has 5 nitrogen and oxygen atoms in total. The maximum absolute atomic E-state index is 13.3. The van der Waals surface area contributed by atoms with Gasteiger partial charge in [0.25, 0.3) is 0 Å². The zero-order valence-electron chi connectivity index (χ0n) is 12.5. The molecule has 0 unspecified atom stereocenters. The Kier molecular flexibility index (Phi) is 5.10. The predicted octanol–water partition coefficient (Wildman–Crippen LogP) is 2.86. The zero-order chi connectivity index (χ0) is 16.3. The van der Waals surface area contributed by atoms with E-state index in [4.69, 9.17) is 4.74 Å². The first-order valence-corrected chi connectivity index (χ1v) is 7.48. The Hall–Kier alpha value is -1.99.